The normalized spacial score (nSPS) is 10.8. The van der Waals surface area contributed by atoms with E-state index in [9.17, 15) is 4.79 Å². The van der Waals surface area contributed by atoms with Gasteiger partial charge in [0.1, 0.15) is 11.6 Å². The molecule has 0 saturated heterocycles. The lowest BCUT2D eigenvalue weighted by Crippen LogP contribution is -2.23. The van der Waals surface area contributed by atoms with E-state index < -0.39 is 0 Å². The molecule has 1 aromatic carbocycles. The number of furan rings is 1. The molecule has 0 aliphatic rings. The number of nitrogens with zero attached hydrogens (tertiary/aromatic N) is 4. The first kappa shape index (κ1) is 23.5. The fraction of sp³-hybridized carbons (Fsp3) is 0.231. The highest BCUT2D eigenvalue weighted by Crippen LogP contribution is 2.28. The molecule has 7 nitrogen and oxygen atoms in total. The van der Waals surface area contributed by atoms with Gasteiger partial charge in [0, 0.05) is 43.7 Å². The molecule has 34 heavy (non-hydrogen) atoms. The summed E-state index contributed by atoms with van der Waals surface area (Å²) in [5.41, 5.74) is 2.86. The van der Waals surface area contributed by atoms with Gasteiger partial charge in [-0.05, 0) is 37.6 Å². The van der Waals surface area contributed by atoms with Crippen LogP contribution in [0.3, 0.4) is 0 Å². The van der Waals surface area contributed by atoms with E-state index in [1.54, 1.807) is 18.5 Å². The number of carbonyl (C=O) groups excluding carboxylic acids is 1. The van der Waals surface area contributed by atoms with Crippen LogP contribution in [0.4, 0.5) is 5.82 Å². The third-order valence-corrected chi connectivity index (χ3v) is 6.12. The van der Waals surface area contributed by atoms with Gasteiger partial charge < -0.3 is 14.6 Å². The van der Waals surface area contributed by atoms with Crippen LogP contribution in [0.25, 0.3) is 11.3 Å². The van der Waals surface area contributed by atoms with Crippen LogP contribution in [0.1, 0.15) is 35.7 Å². The van der Waals surface area contributed by atoms with Crippen molar-refractivity contribution in [2.24, 2.45) is 0 Å². The number of thioether (sulfide) groups is 1. The predicted octanol–water partition coefficient (Wildman–Crippen LogP) is 5.20. The minimum Gasteiger partial charge on any atom is -0.455 e. The van der Waals surface area contributed by atoms with E-state index in [4.69, 9.17) is 14.4 Å². The Balaban J connectivity index is 1.45. The Morgan fingerprint density at radius 3 is 2.59 bits per heavy atom. The number of pyridine rings is 1. The molecular weight excluding hydrogens is 446 g/mol. The summed E-state index contributed by atoms with van der Waals surface area (Å²) in [7, 11) is 0. The molecular formula is C26H27N5O2S. The van der Waals surface area contributed by atoms with Crippen molar-refractivity contribution in [2.75, 3.05) is 18.0 Å². The first-order valence-electron chi connectivity index (χ1n) is 11.2. The number of carbonyl (C=O) groups is 1. The molecule has 0 saturated carbocycles. The first-order valence-corrected chi connectivity index (χ1v) is 12.2. The molecule has 0 bridgehead atoms. The van der Waals surface area contributed by atoms with Crippen LogP contribution < -0.4 is 10.2 Å². The molecule has 0 unspecified atom stereocenters. The molecule has 1 amide bonds. The van der Waals surface area contributed by atoms with Crippen LogP contribution >= 0.6 is 11.8 Å². The third-order valence-electron chi connectivity index (χ3n) is 5.25. The molecule has 0 aliphatic carbocycles. The molecule has 3 heterocycles. The molecule has 0 spiro atoms. The van der Waals surface area contributed by atoms with Crippen LogP contribution in [0.5, 0.6) is 0 Å². The van der Waals surface area contributed by atoms with Crippen molar-refractivity contribution in [3.05, 3.63) is 90.1 Å². The third kappa shape index (κ3) is 6.02. The van der Waals surface area contributed by atoms with Crippen LogP contribution in [-0.4, -0.2) is 33.9 Å². The highest BCUT2D eigenvalue weighted by molar-refractivity contribution is 7.98. The lowest BCUT2D eigenvalue weighted by Gasteiger charge is -2.20. The molecule has 3 aromatic heterocycles. The van der Waals surface area contributed by atoms with Crippen molar-refractivity contribution in [3.63, 3.8) is 0 Å². The van der Waals surface area contributed by atoms with E-state index in [0.717, 1.165) is 35.7 Å². The van der Waals surface area contributed by atoms with E-state index in [2.05, 4.69) is 29.0 Å². The van der Waals surface area contributed by atoms with Gasteiger partial charge in [-0.25, -0.2) is 9.97 Å². The second kappa shape index (κ2) is 11.5. The van der Waals surface area contributed by atoms with E-state index in [1.165, 1.54) is 11.8 Å². The number of hydrogen-bond acceptors (Lipinski definition) is 7. The van der Waals surface area contributed by atoms with Crippen molar-refractivity contribution in [3.8, 4) is 11.3 Å². The quantitative estimate of drug-likeness (QED) is 0.250. The Labute approximate surface area is 203 Å². The number of aromatic nitrogens is 3. The molecule has 174 valence electrons. The van der Waals surface area contributed by atoms with Crippen LogP contribution in [0, 0.1) is 0 Å². The monoisotopic (exact) mass is 473 g/mol. The van der Waals surface area contributed by atoms with Crippen LogP contribution in [-0.2, 0) is 12.3 Å². The summed E-state index contributed by atoms with van der Waals surface area (Å²) in [5.74, 6) is 2.13. The smallest absolute Gasteiger partial charge is 0.287 e. The largest absolute Gasteiger partial charge is 0.455 e. The zero-order chi connectivity index (χ0) is 23.8. The van der Waals surface area contributed by atoms with Gasteiger partial charge in [0.2, 0.25) is 0 Å². The molecule has 4 rings (SSSR count). The van der Waals surface area contributed by atoms with Gasteiger partial charge in [0.05, 0.1) is 11.4 Å². The number of amides is 1. The molecule has 8 heteroatoms. The summed E-state index contributed by atoms with van der Waals surface area (Å²) < 4.78 is 5.78. The Bertz CT molecular complexity index is 1210. The zero-order valence-electron chi connectivity index (χ0n) is 19.3. The SMILES string of the molecule is CCN(CC)c1cc(-c2ccccc2)nc(SCc2ccc(C(=O)NCc3cccnc3)o2)n1. The van der Waals surface area contributed by atoms with E-state index in [-0.39, 0.29) is 11.7 Å². The fourth-order valence-electron chi connectivity index (χ4n) is 3.43. The maximum atomic E-state index is 12.4. The summed E-state index contributed by atoms with van der Waals surface area (Å²) in [5, 5.41) is 3.52. The number of benzene rings is 1. The second-order valence-electron chi connectivity index (χ2n) is 7.53. The minimum absolute atomic E-state index is 0.258. The topological polar surface area (TPSA) is 84.2 Å². The maximum absolute atomic E-state index is 12.4. The molecule has 0 atom stereocenters. The lowest BCUT2D eigenvalue weighted by molar-refractivity contribution is 0.0921. The molecule has 0 fully saturated rings. The fourth-order valence-corrected chi connectivity index (χ4v) is 4.18. The van der Waals surface area contributed by atoms with Gasteiger partial charge in [0.25, 0.3) is 5.91 Å². The van der Waals surface area contributed by atoms with Crippen molar-refractivity contribution < 1.29 is 9.21 Å². The van der Waals surface area contributed by atoms with Crippen molar-refractivity contribution in [1.82, 2.24) is 20.3 Å². The average Bonchev–Trinajstić information content (AvgIpc) is 3.37. The van der Waals surface area contributed by atoms with Gasteiger partial charge in [-0.1, -0.05) is 48.2 Å². The van der Waals surface area contributed by atoms with E-state index >= 15 is 0 Å². The Hall–Kier alpha value is -3.65. The van der Waals surface area contributed by atoms with Crippen molar-refractivity contribution in [2.45, 2.75) is 31.3 Å². The number of rotatable bonds is 10. The predicted molar refractivity (Wildman–Crippen MR) is 135 cm³/mol. The number of nitrogens with one attached hydrogen (secondary N) is 1. The van der Waals surface area contributed by atoms with Gasteiger partial charge in [0.15, 0.2) is 10.9 Å². The Morgan fingerprint density at radius 2 is 1.85 bits per heavy atom. The summed E-state index contributed by atoms with van der Waals surface area (Å²) in [6.45, 7) is 6.35. The van der Waals surface area contributed by atoms with Crippen LogP contribution in [0.15, 0.2) is 82.6 Å². The highest BCUT2D eigenvalue weighted by atomic mass is 32.2. The molecule has 0 aliphatic heterocycles. The highest BCUT2D eigenvalue weighted by Gasteiger charge is 2.14. The zero-order valence-corrected chi connectivity index (χ0v) is 20.1. The first-order chi connectivity index (χ1) is 16.7. The molecule has 1 N–H and O–H groups in total. The molecule has 0 radical (unpaired) electrons. The van der Waals surface area contributed by atoms with Gasteiger partial charge in [-0.3, -0.25) is 9.78 Å². The standard InChI is InChI=1S/C26H27N5O2S/c1-3-31(4-2)24-15-22(20-10-6-5-7-11-20)29-26(30-24)34-18-21-12-13-23(33-21)25(32)28-17-19-9-8-14-27-16-19/h5-16H,3-4,17-18H2,1-2H3,(H,28,32). The summed E-state index contributed by atoms with van der Waals surface area (Å²) >= 11 is 1.49. The summed E-state index contributed by atoms with van der Waals surface area (Å²) in [6.07, 6.45) is 3.42. The van der Waals surface area contributed by atoms with Crippen LogP contribution in [0.2, 0.25) is 0 Å². The Kier molecular flexibility index (Phi) is 7.93. The summed E-state index contributed by atoms with van der Waals surface area (Å²) in [4.78, 5) is 28.2. The summed E-state index contributed by atoms with van der Waals surface area (Å²) in [6, 6.07) is 19.4. The minimum atomic E-state index is -0.258. The Morgan fingerprint density at radius 1 is 1.03 bits per heavy atom. The van der Waals surface area contributed by atoms with Gasteiger partial charge in [-0.15, -0.1) is 0 Å². The van der Waals surface area contributed by atoms with Crippen molar-refractivity contribution in [1.29, 1.82) is 0 Å². The van der Waals surface area contributed by atoms with Gasteiger partial charge in [-0.2, -0.15) is 0 Å². The molecule has 4 aromatic rings. The van der Waals surface area contributed by atoms with E-state index in [0.29, 0.717) is 23.2 Å². The number of hydrogen-bond donors (Lipinski definition) is 1. The maximum Gasteiger partial charge on any atom is 0.287 e. The average molecular weight is 474 g/mol. The lowest BCUT2D eigenvalue weighted by atomic mass is 10.1. The number of anilines is 1. The van der Waals surface area contributed by atoms with E-state index in [1.807, 2.05) is 54.6 Å². The second-order valence-corrected chi connectivity index (χ2v) is 8.47. The van der Waals surface area contributed by atoms with Crippen molar-refractivity contribution >= 4 is 23.5 Å². The van der Waals surface area contributed by atoms with Gasteiger partial charge >= 0.3 is 0 Å².